The molecule has 2 aromatic heterocycles. The van der Waals surface area contributed by atoms with Crippen molar-refractivity contribution in [3.8, 4) is 11.4 Å². The van der Waals surface area contributed by atoms with E-state index < -0.39 is 6.43 Å². The van der Waals surface area contributed by atoms with Crippen molar-refractivity contribution in [1.29, 1.82) is 0 Å². The van der Waals surface area contributed by atoms with Crippen molar-refractivity contribution in [2.75, 3.05) is 31.5 Å². The lowest BCUT2D eigenvalue weighted by Gasteiger charge is -2.17. The molecule has 1 atom stereocenters. The van der Waals surface area contributed by atoms with Gasteiger partial charge in [0.15, 0.2) is 5.82 Å². The van der Waals surface area contributed by atoms with Gasteiger partial charge in [0, 0.05) is 42.3 Å². The van der Waals surface area contributed by atoms with Gasteiger partial charge in [0.1, 0.15) is 5.82 Å². The number of alkyl halides is 2. The maximum atomic E-state index is 12.5. The highest BCUT2D eigenvalue weighted by molar-refractivity contribution is 5.59. The van der Waals surface area contributed by atoms with Crippen molar-refractivity contribution in [3.05, 3.63) is 35.8 Å². The van der Waals surface area contributed by atoms with E-state index in [1.807, 2.05) is 17.0 Å². The molecule has 1 aliphatic carbocycles. The molecule has 1 fully saturated rings. The minimum absolute atomic E-state index is 0.120. The predicted octanol–water partition coefficient (Wildman–Crippen LogP) is 3.03. The first-order chi connectivity index (χ1) is 12.7. The van der Waals surface area contributed by atoms with E-state index in [1.54, 1.807) is 12.4 Å². The largest absolute Gasteiger partial charge is 0.369 e. The maximum Gasteiger partial charge on any atom is 0.251 e. The lowest BCUT2D eigenvalue weighted by molar-refractivity contribution is 0.0981. The molecule has 1 unspecified atom stereocenters. The zero-order valence-electron chi connectivity index (χ0n) is 14.7. The van der Waals surface area contributed by atoms with Gasteiger partial charge in [-0.3, -0.25) is 9.88 Å². The van der Waals surface area contributed by atoms with Crippen LogP contribution in [0.5, 0.6) is 0 Å². The van der Waals surface area contributed by atoms with E-state index in [2.05, 4.69) is 10.3 Å². The summed E-state index contributed by atoms with van der Waals surface area (Å²) in [7, 11) is 0. The van der Waals surface area contributed by atoms with Crippen LogP contribution in [0.15, 0.2) is 24.5 Å². The van der Waals surface area contributed by atoms with Crippen molar-refractivity contribution >= 4 is 5.82 Å². The summed E-state index contributed by atoms with van der Waals surface area (Å²) in [5.41, 5.74) is 3.24. The Morgan fingerprint density at radius 1 is 1.27 bits per heavy atom. The Morgan fingerprint density at radius 2 is 2.19 bits per heavy atom. The smallest absolute Gasteiger partial charge is 0.251 e. The highest BCUT2D eigenvalue weighted by atomic mass is 19.3. The van der Waals surface area contributed by atoms with E-state index in [9.17, 15) is 8.78 Å². The van der Waals surface area contributed by atoms with E-state index in [1.165, 1.54) is 5.56 Å². The summed E-state index contributed by atoms with van der Waals surface area (Å²) in [5, 5.41) is 3.49. The van der Waals surface area contributed by atoms with Crippen LogP contribution in [0, 0.1) is 5.92 Å². The van der Waals surface area contributed by atoms with Gasteiger partial charge in [-0.2, -0.15) is 0 Å². The molecule has 0 aromatic carbocycles. The molecule has 3 heterocycles. The molecule has 0 radical (unpaired) electrons. The number of nitrogens with one attached hydrogen (secondary N) is 1. The van der Waals surface area contributed by atoms with Gasteiger partial charge < -0.3 is 5.32 Å². The van der Waals surface area contributed by atoms with E-state index >= 15 is 0 Å². The van der Waals surface area contributed by atoms with Crippen molar-refractivity contribution in [1.82, 2.24) is 19.9 Å². The van der Waals surface area contributed by atoms with Gasteiger partial charge in [0.05, 0.1) is 6.54 Å². The molecule has 0 spiro atoms. The molecule has 1 saturated heterocycles. The Kier molecular flexibility index (Phi) is 5.06. The number of fused-ring (bicyclic) bond motifs is 1. The Balaban J connectivity index is 1.47. The minimum atomic E-state index is -2.26. The molecule has 4 rings (SSSR count). The van der Waals surface area contributed by atoms with Gasteiger partial charge in [-0.15, -0.1) is 0 Å². The standard InChI is InChI=1S/C19H23F2N5/c20-17(21)12-26-8-6-13(11-26)9-23-19-15-4-1-5-16(15)24-18(25-19)14-3-2-7-22-10-14/h2-3,7,10,13,17H,1,4-6,8-9,11-12H2,(H,23,24,25). The summed E-state index contributed by atoms with van der Waals surface area (Å²) >= 11 is 0. The fourth-order valence-corrected chi connectivity index (χ4v) is 3.88. The minimum Gasteiger partial charge on any atom is -0.369 e. The molecule has 0 bridgehead atoms. The predicted molar refractivity (Wildman–Crippen MR) is 96.3 cm³/mol. The fraction of sp³-hybridized carbons (Fsp3) is 0.526. The molecule has 0 amide bonds. The third-order valence-corrected chi connectivity index (χ3v) is 5.18. The maximum absolute atomic E-state index is 12.5. The molecule has 2 aliphatic rings. The van der Waals surface area contributed by atoms with Gasteiger partial charge in [-0.25, -0.2) is 18.7 Å². The van der Waals surface area contributed by atoms with Gasteiger partial charge in [-0.05, 0) is 50.3 Å². The topological polar surface area (TPSA) is 53.9 Å². The number of hydrogen-bond donors (Lipinski definition) is 1. The zero-order chi connectivity index (χ0) is 17.9. The first-order valence-corrected chi connectivity index (χ1v) is 9.23. The summed E-state index contributed by atoms with van der Waals surface area (Å²) < 4.78 is 25.1. The molecule has 26 heavy (non-hydrogen) atoms. The number of aromatic nitrogens is 3. The van der Waals surface area contributed by atoms with Crippen LogP contribution in [-0.2, 0) is 12.8 Å². The molecule has 5 nitrogen and oxygen atoms in total. The summed E-state index contributed by atoms with van der Waals surface area (Å²) in [5.74, 6) is 1.98. The number of halogens is 2. The van der Waals surface area contributed by atoms with E-state index in [4.69, 9.17) is 9.97 Å². The highest BCUT2D eigenvalue weighted by Gasteiger charge is 2.26. The molecule has 2 aromatic rings. The summed E-state index contributed by atoms with van der Waals surface area (Å²) in [6, 6.07) is 3.85. The number of anilines is 1. The fourth-order valence-electron chi connectivity index (χ4n) is 3.88. The molecule has 1 aliphatic heterocycles. The van der Waals surface area contributed by atoms with Crippen LogP contribution in [0.2, 0.25) is 0 Å². The number of pyridine rings is 1. The first kappa shape index (κ1) is 17.3. The highest BCUT2D eigenvalue weighted by Crippen LogP contribution is 2.29. The van der Waals surface area contributed by atoms with Gasteiger partial charge >= 0.3 is 0 Å². The van der Waals surface area contributed by atoms with Gasteiger partial charge in [-0.1, -0.05) is 0 Å². The van der Waals surface area contributed by atoms with Crippen LogP contribution in [0.3, 0.4) is 0 Å². The summed E-state index contributed by atoms with van der Waals surface area (Å²) in [6.07, 6.45) is 5.27. The second kappa shape index (κ2) is 7.61. The van der Waals surface area contributed by atoms with E-state index in [-0.39, 0.29) is 6.54 Å². The quantitative estimate of drug-likeness (QED) is 0.859. The lowest BCUT2D eigenvalue weighted by Crippen LogP contribution is -2.28. The Morgan fingerprint density at radius 3 is 3.00 bits per heavy atom. The Labute approximate surface area is 151 Å². The number of nitrogens with zero attached hydrogens (tertiary/aromatic N) is 4. The molecular weight excluding hydrogens is 336 g/mol. The van der Waals surface area contributed by atoms with Gasteiger partial charge in [0.25, 0.3) is 6.43 Å². The van der Waals surface area contributed by atoms with Crippen molar-refractivity contribution in [2.24, 2.45) is 5.92 Å². The third kappa shape index (κ3) is 3.82. The van der Waals surface area contributed by atoms with Crippen LogP contribution >= 0.6 is 0 Å². The number of rotatable bonds is 6. The van der Waals surface area contributed by atoms with E-state index in [0.29, 0.717) is 11.7 Å². The second-order valence-corrected chi connectivity index (χ2v) is 7.10. The Hall–Kier alpha value is -2.15. The van der Waals surface area contributed by atoms with Crippen LogP contribution in [0.25, 0.3) is 11.4 Å². The average Bonchev–Trinajstić information content (AvgIpc) is 3.29. The molecule has 1 N–H and O–H groups in total. The van der Waals surface area contributed by atoms with E-state index in [0.717, 1.165) is 62.4 Å². The first-order valence-electron chi connectivity index (χ1n) is 9.23. The number of aryl methyl sites for hydroxylation is 1. The van der Waals surface area contributed by atoms with Crippen LogP contribution in [0.1, 0.15) is 24.1 Å². The van der Waals surface area contributed by atoms with Crippen LogP contribution in [-0.4, -0.2) is 52.5 Å². The number of hydrogen-bond acceptors (Lipinski definition) is 5. The average molecular weight is 359 g/mol. The second-order valence-electron chi connectivity index (χ2n) is 7.10. The SMILES string of the molecule is FC(F)CN1CCC(CNc2nc(-c3cccnc3)nc3c2CCC3)C1. The third-order valence-electron chi connectivity index (χ3n) is 5.18. The molecule has 7 heteroatoms. The zero-order valence-corrected chi connectivity index (χ0v) is 14.7. The summed E-state index contributed by atoms with van der Waals surface area (Å²) in [6.45, 7) is 2.11. The number of likely N-dealkylation sites (tertiary alicyclic amines) is 1. The normalized spacial score (nSPS) is 19.9. The van der Waals surface area contributed by atoms with Crippen molar-refractivity contribution < 1.29 is 8.78 Å². The molecule has 0 saturated carbocycles. The lowest BCUT2D eigenvalue weighted by atomic mass is 10.1. The molecule has 138 valence electrons. The Bertz CT molecular complexity index is 753. The molecular formula is C19H23F2N5. The monoisotopic (exact) mass is 359 g/mol. The van der Waals surface area contributed by atoms with Gasteiger partial charge in [0.2, 0.25) is 0 Å². The van der Waals surface area contributed by atoms with Crippen LogP contribution in [0.4, 0.5) is 14.6 Å². The summed E-state index contributed by atoms with van der Waals surface area (Å²) in [4.78, 5) is 15.5. The van der Waals surface area contributed by atoms with Crippen molar-refractivity contribution in [3.63, 3.8) is 0 Å². The van der Waals surface area contributed by atoms with Crippen LogP contribution < -0.4 is 5.32 Å². The van der Waals surface area contributed by atoms with Crippen molar-refractivity contribution in [2.45, 2.75) is 32.1 Å².